The standard InChI is InChI=1S/C18H19F2NO4S/c1-3-25-17(22)18(19,20)16(14-7-5-4-6-8-14)21-26(23,24)15-11-9-13(2)10-12-15/h4-12,16,21H,3H2,1-2H3. The van der Waals surface area contributed by atoms with E-state index in [0.29, 0.717) is 0 Å². The van der Waals surface area contributed by atoms with E-state index >= 15 is 0 Å². The molecule has 0 radical (unpaired) electrons. The summed E-state index contributed by atoms with van der Waals surface area (Å²) in [4.78, 5) is 11.6. The maximum Gasteiger partial charge on any atom is 0.379 e. The summed E-state index contributed by atoms with van der Waals surface area (Å²) in [6.45, 7) is 2.91. The first-order chi connectivity index (χ1) is 12.2. The van der Waals surface area contributed by atoms with Crippen LogP contribution in [-0.2, 0) is 19.6 Å². The number of benzene rings is 2. The molecule has 0 saturated heterocycles. The van der Waals surface area contributed by atoms with Gasteiger partial charge in [-0.25, -0.2) is 13.2 Å². The number of carbonyl (C=O) groups is 1. The Kier molecular flexibility index (Phi) is 6.09. The molecule has 0 aromatic heterocycles. The molecule has 2 aromatic rings. The number of ether oxygens (including phenoxy) is 1. The normalized spacial score (nSPS) is 13.2. The Balaban J connectivity index is 2.45. The molecular weight excluding hydrogens is 364 g/mol. The van der Waals surface area contributed by atoms with Crippen LogP contribution in [0.3, 0.4) is 0 Å². The van der Waals surface area contributed by atoms with Gasteiger partial charge < -0.3 is 4.74 Å². The average Bonchev–Trinajstić information content (AvgIpc) is 2.61. The minimum atomic E-state index is -4.29. The fourth-order valence-corrected chi connectivity index (χ4v) is 3.51. The smallest absolute Gasteiger partial charge is 0.379 e. The van der Waals surface area contributed by atoms with E-state index in [4.69, 9.17) is 0 Å². The van der Waals surface area contributed by atoms with Gasteiger partial charge in [-0.15, -0.1) is 0 Å². The van der Waals surface area contributed by atoms with Gasteiger partial charge in [0.1, 0.15) is 6.04 Å². The zero-order valence-electron chi connectivity index (χ0n) is 14.3. The van der Waals surface area contributed by atoms with Gasteiger partial charge in [0.05, 0.1) is 11.5 Å². The second-order valence-electron chi connectivity index (χ2n) is 5.62. The van der Waals surface area contributed by atoms with Crippen LogP contribution in [0.2, 0.25) is 0 Å². The number of aryl methyl sites for hydroxylation is 1. The third-order valence-corrected chi connectivity index (χ3v) is 5.09. The van der Waals surface area contributed by atoms with Gasteiger partial charge in [0.15, 0.2) is 0 Å². The van der Waals surface area contributed by atoms with Gasteiger partial charge in [0.25, 0.3) is 0 Å². The van der Waals surface area contributed by atoms with Crippen LogP contribution in [0.25, 0.3) is 0 Å². The topological polar surface area (TPSA) is 72.5 Å². The Bertz CT molecular complexity index is 853. The SMILES string of the molecule is CCOC(=O)C(F)(F)C(NS(=O)(=O)c1ccc(C)cc1)c1ccccc1. The lowest BCUT2D eigenvalue weighted by Gasteiger charge is -2.26. The third-order valence-electron chi connectivity index (χ3n) is 3.65. The Morgan fingerprint density at radius 3 is 2.23 bits per heavy atom. The summed E-state index contributed by atoms with van der Waals surface area (Å²) in [5.74, 6) is -5.88. The summed E-state index contributed by atoms with van der Waals surface area (Å²) in [6, 6.07) is 10.8. The van der Waals surface area contributed by atoms with Gasteiger partial charge in [-0.3, -0.25) is 0 Å². The molecule has 1 unspecified atom stereocenters. The Morgan fingerprint density at radius 2 is 1.69 bits per heavy atom. The van der Waals surface area contributed by atoms with Gasteiger partial charge in [-0.1, -0.05) is 48.0 Å². The molecule has 5 nitrogen and oxygen atoms in total. The number of halogens is 2. The van der Waals surface area contributed by atoms with Crippen molar-refractivity contribution >= 4 is 16.0 Å². The van der Waals surface area contributed by atoms with Gasteiger partial charge in [-0.2, -0.15) is 13.5 Å². The van der Waals surface area contributed by atoms with E-state index in [2.05, 4.69) is 4.74 Å². The largest absolute Gasteiger partial charge is 0.462 e. The number of alkyl halides is 2. The molecule has 26 heavy (non-hydrogen) atoms. The van der Waals surface area contributed by atoms with Crippen molar-refractivity contribution in [3.63, 3.8) is 0 Å². The number of hydrogen-bond acceptors (Lipinski definition) is 4. The Morgan fingerprint density at radius 1 is 1.12 bits per heavy atom. The molecule has 0 saturated carbocycles. The average molecular weight is 383 g/mol. The maximum atomic E-state index is 14.7. The van der Waals surface area contributed by atoms with Crippen molar-refractivity contribution in [1.29, 1.82) is 0 Å². The van der Waals surface area contributed by atoms with Gasteiger partial charge >= 0.3 is 11.9 Å². The van der Waals surface area contributed by atoms with Gasteiger partial charge in [0.2, 0.25) is 10.0 Å². The first kappa shape index (κ1) is 20.0. The lowest BCUT2D eigenvalue weighted by atomic mass is 10.0. The summed E-state index contributed by atoms with van der Waals surface area (Å²) < 4.78 is 60.8. The number of nitrogens with one attached hydrogen (secondary N) is 1. The van der Waals surface area contributed by atoms with Crippen LogP contribution >= 0.6 is 0 Å². The molecule has 2 rings (SSSR count). The van der Waals surface area contributed by atoms with Crippen molar-refractivity contribution in [1.82, 2.24) is 4.72 Å². The van der Waals surface area contributed by atoms with Gasteiger partial charge in [0, 0.05) is 0 Å². The first-order valence-electron chi connectivity index (χ1n) is 7.87. The number of rotatable bonds is 7. The van der Waals surface area contributed by atoms with Crippen LogP contribution < -0.4 is 4.72 Å². The minimum absolute atomic E-state index is 0.0544. The molecule has 8 heteroatoms. The number of sulfonamides is 1. The molecule has 0 fully saturated rings. The fourth-order valence-electron chi connectivity index (χ4n) is 2.28. The van der Waals surface area contributed by atoms with Crippen LogP contribution in [0, 0.1) is 6.92 Å². The monoisotopic (exact) mass is 383 g/mol. The molecular formula is C18H19F2NO4S. The van der Waals surface area contributed by atoms with Crippen molar-refractivity contribution < 1.29 is 26.7 Å². The Labute approximate surface area is 151 Å². The van der Waals surface area contributed by atoms with Crippen molar-refractivity contribution in [3.8, 4) is 0 Å². The fraction of sp³-hybridized carbons (Fsp3) is 0.278. The molecule has 1 atom stereocenters. The first-order valence-corrected chi connectivity index (χ1v) is 9.35. The molecule has 0 spiro atoms. The highest BCUT2D eigenvalue weighted by Gasteiger charge is 2.51. The number of carbonyl (C=O) groups excluding carboxylic acids is 1. The van der Waals surface area contributed by atoms with E-state index in [1.54, 1.807) is 25.1 Å². The zero-order valence-corrected chi connectivity index (χ0v) is 15.1. The maximum absolute atomic E-state index is 14.7. The van der Waals surface area contributed by atoms with Crippen molar-refractivity contribution in [2.75, 3.05) is 6.61 Å². The summed E-state index contributed by atoms with van der Waals surface area (Å²) in [7, 11) is -4.29. The van der Waals surface area contributed by atoms with E-state index in [-0.39, 0.29) is 17.1 Å². The number of hydrogen-bond donors (Lipinski definition) is 1. The van der Waals surface area contributed by atoms with Crippen molar-refractivity contribution in [3.05, 3.63) is 65.7 Å². The molecule has 2 aromatic carbocycles. The molecule has 140 valence electrons. The predicted octanol–water partition coefficient (Wildman–Crippen LogP) is 3.21. The highest BCUT2D eigenvalue weighted by Crippen LogP contribution is 2.34. The summed E-state index contributed by atoms with van der Waals surface area (Å²) in [6.07, 6.45) is 0. The van der Waals surface area contributed by atoms with E-state index in [1.165, 1.54) is 43.3 Å². The molecule has 0 amide bonds. The van der Waals surface area contributed by atoms with E-state index < -0.39 is 28.0 Å². The minimum Gasteiger partial charge on any atom is -0.462 e. The molecule has 0 bridgehead atoms. The van der Waals surface area contributed by atoms with E-state index in [9.17, 15) is 22.0 Å². The quantitative estimate of drug-likeness (QED) is 0.745. The van der Waals surface area contributed by atoms with Crippen LogP contribution in [0.15, 0.2) is 59.5 Å². The van der Waals surface area contributed by atoms with Crippen LogP contribution in [0.4, 0.5) is 8.78 Å². The van der Waals surface area contributed by atoms with Crippen LogP contribution in [0.5, 0.6) is 0 Å². The lowest BCUT2D eigenvalue weighted by Crippen LogP contribution is -2.46. The van der Waals surface area contributed by atoms with E-state index in [0.717, 1.165) is 5.56 Å². The lowest BCUT2D eigenvalue weighted by molar-refractivity contribution is -0.175. The molecule has 0 aliphatic carbocycles. The van der Waals surface area contributed by atoms with Gasteiger partial charge in [-0.05, 0) is 31.5 Å². The number of esters is 1. The van der Waals surface area contributed by atoms with Crippen LogP contribution in [-0.4, -0.2) is 26.9 Å². The summed E-state index contributed by atoms with van der Waals surface area (Å²) in [5, 5.41) is 0. The van der Waals surface area contributed by atoms with Crippen molar-refractivity contribution in [2.24, 2.45) is 0 Å². The van der Waals surface area contributed by atoms with Crippen LogP contribution in [0.1, 0.15) is 24.1 Å². The highest BCUT2D eigenvalue weighted by atomic mass is 32.2. The third kappa shape index (κ3) is 4.44. The summed E-state index contributed by atoms with van der Waals surface area (Å²) >= 11 is 0. The zero-order chi connectivity index (χ0) is 19.4. The van der Waals surface area contributed by atoms with E-state index in [1.807, 2.05) is 4.72 Å². The molecule has 0 heterocycles. The van der Waals surface area contributed by atoms with Crippen molar-refractivity contribution in [2.45, 2.75) is 30.7 Å². The molecule has 0 aliphatic heterocycles. The highest BCUT2D eigenvalue weighted by molar-refractivity contribution is 7.89. The molecule has 0 aliphatic rings. The second-order valence-corrected chi connectivity index (χ2v) is 7.34. The Hall–Kier alpha value is -2.32. The summed E-state index contributed by atoms with van der Waals surface area (Å²) in [5.41, 5.74) is 0.765. The predicted molar refractivity (Wildman–Crippen MR) is 92.3 cm³/mol. The second kappa shape index (κ2) is 7.92. The molecule has 1 N–H and O–H groups in total.